The Morgan fingerprint density at radius 3 is 2.67 bits per heavy atom. The lowest BCUT2D eigenvalue weighted by molar-refractivity contribution is -0.121. The number of aromatic nitrogens is 2. The average Bonchev–Trinajstić information content (AvgIpc) is 3.19. The molecule has 1 aromatic carbocycles. The minimum Gasteiger partial charge on any atom is -0.492 e. The smallest absolute Gasteiger partial charge is 0.220 e. The molecule has 0 spiro atoms. The maximum atomic E-state index is 12.1. The molecule has 0 saturated heterocycles. The number of halogens is 1. The molecule has 0 unspecified atom stereocenters. The van der Waals surface area contributed by atoms with Gasteiger partial charge in [0.15, 0.2) is 0 Å². The molecular weight excluding hydrogens is 462 g/mol. The SMILES string of the molecule is CC(C)(C)c1ccc(OCCCC(=O)NCc2csc(-c3ccncc3)n2)c(Br)c1. The summed E-state index contributed by atoms with van der Waals surface area (Å²) in [5, 5.41) is 5.82. The van der Waals surface area contributed by atoms with Gasteiger partial charge in [-0.1, -0.05) is 26.8 Å². The summed E-state index contributed by atoms with van der Waals surface area (Å²) in [6.07, 6.45) is 4.56. The minimum absolute atomic E-state index is 0.000734. The summed E-state index contributed by atoms with van der Waals surface area (Å²) < 4.78 is 6.77. The summed E-state index contributed by atoms with van der Waals surface area (Å²) in [5.41, 5.74) is 3.23. The number of ether oxygens (including phenoxy) is 1. The largest absolute Gasteiger partial charge is 0.492 e. The fraction of sp³-hybridized carbons (Fsp3) is 0.348. The monoisotopic (exact) mass is 487 g/mol. The van der Waals surface area contributed by atoms with E-state index in [1.165, 1.54) is 5.56 Å². The Balaban J connectivity index is 1.39. The highest BCUT2D eigenvalue weighted by molar-refractivity contribution is 9.10. The Hall–Kier alpha value is -2.25. The Bertz CT molecular complexity index is 984. The molecule has 0 saturated carbocycles. The molecule has 5 nitrogen and oxygen atoms in total. The quantitative estimate of drug-likeness (QED) is 0.411. The molecule has 0 atom stereocenters. The summed E-state index contributed by atoms with van der Waals surface area (Å²) in [6, 6.07) is 10.0. The Labute approximate surface area is 190 Å². The van der Waals surface area contributed by atoms with E-state index in [9.17, 15) is 4.79 Å². The third-order valence-electron chi connectivity index (χ3n) is 4.55. The van der Waals surface area contributed by atoms with Crippen molar-refractivity contribution in [2.24, 2.45) is 0 Å². The summed E-state index contributed by atoms with van der Waals surface area (Å²) in [6.45, 7) is 7.46. The van der Waals surface area contributed by atoms with E-state index < -0.39 is 0 Å². The van der Waals surface area contributed by atoms with Gasteiger partial charge in [-0.2, -0.15) is 0 Å². The molecule has 0 bridgehead atoms. The summed E-state index contributed by atoms with van der Waals surface area (Å²) in [7, 11) is 0. The zero-order valence-electron chi connectivity index (χ0n) is 17.4. The van der Waals surface area contributed by atoms with E-state index >= 15 is 0 Å². The van der Waals surface area contributed by atoms with Crippen molar-refractivity contribution >= 4 is 33.2 Å². The number of thiazole rings is 1. The van der Waals surface area contributed by atoms with Crippen LogP contribution in [-0.2, 0) is 16.8 Å². The molecule has 2 aromatic heterocycles. The van der Waals surface area contributed by atoms with Gasteiger partial charge in [0.1, 0.15) is 10.8 Å². The molecule has 0 aliphatic heterocycles. The van der Waals surface area contributed by atoms with Crippen molar-refractivity contribution in [1.29, 1.82) is 0 Å². The number of carbonyl (C=O) groups is 1. The third-order valence-corrected chi connectivity index (χ3v) is 6.11. The van der Waals surface area contributed by atoms with Gasteiger partial charge in [-0.3, -0.25) is 9.78 Å². The predicted molar refractivity (Wildman–Crippen MR) is 125 cm³/mol. The first-order chi connectivity index (χ1) is 14.3. The second-order valence-electron chi connectivity index (χ2n) is 8.00. The second kappa shape index (κ2) is 10.2. The average molecular weight is 488 g/mol. The molecule has 0 aliphatic carbocycles. The maximum Gasteiger partial charge on any atom is 0.220 e. The van der Waals surface area contributed by atoms with Crippen LogP contribution in [0.15, 0.2) is 52.6 Å². The van der Waals surface area contributed by atoms with Gasteiger partial charge in [0, 0.05) is 29.8 Å². The summed E-state index contributed by atoms with van der Waals surface area (Å²) in [4.78, 5) is 20.7. The van der Waals surface area contributed by atoms with E-state index in [4.69, 9.17) is 4.74 Å². The zero-order chi connectivity index (χ0) is 21.6. The molecule has 1 amide bonds. The molecule has 158 valence electrons. The molecule has 0 fully saturated rings. The second-order valence-corrected chi connectivity index (χ2v) is 9.72. The van der Waals surface area contributed by atoms with Crippen LogP contribution in [0.4, 0.5) is 0 Å². The van der Waals surface area contributed by atoms with Crippen molar-refractivity contribution in [3.05, 3.63) is 63.8 Å². The van der Waals surface area contributed by atoms with E-state index in [0.29, 0.717) is 26.0 Å². The zero-order valence-corrected chi connectivity index (χ0v) is 19.8. The molecule has 30 heavy (non-hydrogen) atoms. The number of nitrogens with zero attached hydrogens (tertiary/aromatic N) is 2. The molecule has 7 heteroatoms. The Kier molecular flexibility index (Phi) is 7.61. The van der Waals surface area contributed by atoms with Crippen molar-refractivity contribution < 1.29 is 9.53 Å². The van der Waals surface area contributed by atoms with Gasteiger partial charge in [-0.05, 0) is 57.6 Å². The Morgan fingerprint density at radius 1 is 1.20 bits per heavy atom. The Morgan fingerprint density at radius 2 is 1.97 bits per heavy atom. The van der Waals surface area contributed by atoms with Crippen LogP contribution in [0.3, 0.4) is 0 Å². The molecule has 1 N–H and O–H groups in total. The topological polar surface area (TPSA) is 64.1 Å². The number of rotatable bonds is 8. The van der Waals surface area contributed by atoms with Crippen LogP contribution in [0, 0.1) is 0 Å². The first-order valence-electron chi connectivity index (χ1n) is 9.87. The number of benzene rings is 1. The lowest BCUT2D eigenvalue weighted by Gasteiger charge is -2.20. The molecule has 2 heterocycles. The molecule has 3 rings (SSSR count). The van der Waals surface area contributed by atoms with Crippen molar-refractivity contribution in [3.63, 3.8) is 0 Å². The number of carbonyl (C=O) groups excluding carboxylic acids is 1. The fourth-order valence-corrected chi connectivity index (χ4v) is 4.11. The van der Waals surface area contributed by atoms with Gasteiger partial charge >= 0.3 is 0 Å². The van der Waals surface area contributed by atoms with Crippen LogP contribution in [0.5, 0.6) is 5.75 Å². The van der Waals surface area contributed by atoms with Crippen LogP contribution < -0.4 is 10.1 Å². The highest BCUT2D eigenvalue weighted by Gasteiger charge is 2.15. The molecule has 0 aliphatic rings. The van der Waals surface area contributed by atoms with E-state index in [-0.39, 0.29) is 11.3 Å². The number of nitrogens with one attached hydrogen (secondary N) is 1. The first-order valence-corrected chi connectivity index (χ1v) is 11.5. The molecule has 0 radical (unpaired) electrons. The van der Waals surface area contributed by atoms with Gasteiger partial charge in [0.2, 0.25) is 5.91 Å². The predicted octanol–water partition coefficient (Wildman–Crippen LogP) is 5.74. The van der Waals surface area contributed by atoms with Gasteiger partial charge in [0.25, 0.3) is 0 Å². The molecule has 3 aromatic rings. The summed E-state index contributed by atoms with van der Waals surface area (Å²) >= 11 is 5.14. The third kappa shape index (κ3) is 6.37. The number of pyridine rings is 1. The van der Waals surface area contributed by atoms with Crippen LogP contribution in [-0.4, -0.2) is 22.5 Å². The van der Waals surface area contributed by atoms with Crippen molar-refractivity contribution in [2.75, 3.05) is 6.61 Å². The van der Waals surface area contributed by atoms with Crippen molar-refractivity contribution in [2.45, 2.75) is 45.6 Å². The molecular formula is C23H26BrN3O2S. The summed E-state index contributed by atoms with van der Waals surface area (Å²) in [5.74, 6) is 0.800. The fourth-order valence-electron chi connectivity index (χ4n) is 2.79. The van der Waals surface area contributed by atoms with Crippen LogP contribution >= 0.6 is 27.3 Å². The highest BCUT2D eigenvalue weighted by Crippen LogP contribution is 2.31. The van der Waals surface area contributed by atoms with Crippen LogP contribution in [0.2, 0.25) is 0 Å². The number of amides is 1. The van der Waals surface area contributed by atoms with Crippen LogP contribution in [0.25, 0.3) is 10.6 Å². The lowest BCUT2D eigenvalue weighted by Crippen LogP contribution is -2.23. The standard InChI is InChI=1S/C23H26BrN3O2S/c1-23(2,3)17-6-7-20(19(24)13-17)29-12-4-5-21(28)26-14-18-15-30-22(27-18)16-8-10-25-11-9-16/h6-11,13,15H,4-5,12,14H2,1-3H3,(H,26,28). The lowest BCUT2D eigenvalue weighted by atomic mass is 9.87. The van der Waals surface area contributed by atoms with Crippen molar-refractivity contribution in [1.82, 2.24) is 15.3 Å². The van der Waals surface area contributed by atoms with Gasteiger partial charge in [0.05, 0.1) is 23.3 Å². The first kappa shape index (κ1) is 22.4. The van der Waals surface area contributed by atoms with E-state index in [2.05, 4.69) is 64.1 Å². The normalized spacial score (nSPS) is 11.3. The van der Waals surface area contributed by atoms with Gasteiger partial charge < -0.3 is 10.1 Å². The van der Waals surface area contributed by atoms with E-state index in [1.54, 1.807) is 23.7 Å². The van der Waals surface area contributed by atoms with Gasteiger partial charge in [-0.25, -0.2) is 4.98 Å². The maximum absolute atomic E-state index is 12.1. The van der Waals surface area contributed by atoms with Crippen LogP contribution in [0.1, 0.15) is 44.9 Å². The van der Waals surface area contributed by atoms with E-state index in [1.807, 2.05) is 23.6 Å². The van der Waals surface area contributed by atoms with Gasteiger partial charge in [-0.15, -0.1) is 11.3 Å². The van der Waals surface area contributed by atoms with E-state index in [0.717, 1.165) is 26.5 Å². The minimum atomic E-state index is -0.000734. The highest BCUT2D eigenvalue weighted by atomic mass is 79.9. The number of hydrogen-bond acceptors (Lipinski definition) is 5. The number of hydrogen-bond donors (Lipinski definition) is 1. The van der Waals surface area contributed by atoms with Crippen molar-refractivity contribution in [3.8, 4) is 16.3 Å².